The molecule has 0 saturated heterocycles. The van der Waals surface area contributed by atoms with Gasteiger partial charge in [-0.3, -0.25) is 4.79 Å². The zero-order valence-electron chi connectivity index (χ0n) is 15.9. The molecule has 0 bridgehead atoms. The Labute approximate surface area is 170 Å². The molecule has 0 aliphatic heterocycles. The van der Waals surface area contributed by atoms with Crippen LogP contribution in [0.3, 0.4) is 0 Å². The van der Waals surface area contributed by atoms with E-state index in [1.807, 2.05) is 60.7 Å². The largest absolute Gasteiger partial charge is 0.497 e. The first kappa shape index (κ1) is 20.0. The second-order valence-electron chi connectivity index (χ2n) is 6.41. The Bertz CT molecular complexity index is 883. The lowest BCUT2D eigenvalue weighted by Crippen LogP contribution is -2.11. The summed E-state index contributed by atoms with van der Waals surface area (Å²) in [6.45, 7) is 0. The number of ether oxygens (including phenoxy) is 1. The van der Waals surface area contributed by atoms with Crippen molar-refractivity contribution in [3.8, 4) is 5.75 Å². The van der Waals surface area contributed by atoms with Gasteiger partial charge in [-0.1, -0.05) is 30.3 Å². The number of carbonyl (C=O) groups is 1. The molecule has 5 heteroatoms. The summed E-state index contributed by atoms with van der Waals surface area (Å²) in [7, 11) is 1.66. The highest BCUT2D eigenvalue weighted by molar-refractivity contribution is 7.98. The molecule has 2 aromatic carbocycles. The molecular formula is C23H24N2O2S. The molecular weight excluding hydrogens is 368 g/mol. The van der Waals surface area contributed by atoms with Gasteiger partial charge in [0, 0.05) is 24.1 Å². The van der Waals surface area contributed by atoms with Gasteiger partial charge < -0.3 is 10.1 Å². The maximum Gasteiger partial charge on any atom is 0.224 e. The molecule has 0 radical (unpaired) electrons. The molecule has 3 aromatic rings. The number of hydrogen-bond donors (Lipinski definition) is 1. The highest BCUT2D eigenvalue weighted by atomic mass is 32.2. The fourth-order valence-electron chi connectivity index (χ4n) is 2.80. The van der Waals surface area contributed by atoms with Gasteiger partial charge in [0.05, 0.1) is 12.1 Å². The van der Waals surface area contributed by atoms with Crippen LogP contribution in [0.5, 0.6) is 5.75 Å². The van der Waals surface area contributed by atoms with E-state index in [0.717, 1.165) is 40.6 Å². The molecule has 1 heterocycles. The molecule has 0 atom stereocenters. The minimum atomic E-state index is 0.0445. The van der Waals surface area contributed by atoms with E-state index < -0.39 is 0 Å². The van der Waals surface area contributed by atoms with Crippen molar-refractivity contribution >= 4 is 23.4 Å². The standard InChI is InChI=1S/C23H24N2O2S/c1-27-21-13-11-18(12-14-21)6-5-9-22(26)25-20-8-4-7-19(16-20)17-28-23-10-2-3-15-24-23/h2-4,7-8,10-16H,5-6,9,17H2,1H3,(H,25,26). The summed E-state index contributed by atoms with van der Waals surface area (Å²) in [5, 5.41) is 4.00. The normalized spacial score (nSPS) is 10.5. The fraction of sp³-hybridized carbons (Fsp3) is 0.217. The topological polar surface area (TPSA) is 51.2 Å². The molecule has 0 unspecified atom stereocenters. The molecule has 3 rings (SSSR count). The van der Waals surface area contributed by atoms with E-state index in [-0.39, 0.29) is 5.91 Å². The van der Waals surface area contributed by atoms with Gasteiger partial charge in [0.1, 0.15) is 5.75 Å². The van der Waals surface area contributed by atoms with Crippen LogP contribution in [-0.2, 0) is 17.0 Å². The molecule has 0 aliphatic rings. The van der Waals surface area contributed by atoms with Gasteiger partial charge in [0.15, 0.2) is 0 Å². The van der Waals surface area contributed by atoms with Crippen LogP contribution in [0.2, 0.25) is 0 Å². The molecule has 4 nitrogen and oxygen atoms in total. The van der Waals surface area contributed by atoms with Gasteiger partial charge in [-0.25, -0.2) is 4.98 Å². The number of anilines is 1. The third kappa shape index (κ3) is 6.43. The maximum atomic E-state index is 12.2. The Hall–Kier alpha value is -2.79. The minimum absolute atomic E-state index is 0.0445. The number of hydrogen-bond acceptors (Lipinski definition) is 4. The number of aromatic nitrogens is 1. The van der Waals surface area contributed by atoms with Gasteiger partial charge in [0.25, 0.3) is 0 Å². The van der Waals surface area contributed by atoms with Gasteiger partial charge in [-0.05, 0) is 60.4 Å². The lowest BCUT2D eigenvalue weighted by molar-refractivity contribution is -0.116. The van der Waals surface area contributed by atoms with E-state index in [4.69, 9.17) is 4.74 Å². The lowest BCUT2D eigenvalue weighted by atomic mass is 10.1. The van der Waals surface area contributed by atoms with E-state index in [0.29, 0.717) is 6.42 Å². The maximum absolute atomic E-state index is 12.2. The summed E-state index contributed by atoms with van der Waals surface area (Å²) in [5.74, 6) is 1.71. The summed E-state index contributed by atoms with van der Waals surface area (Å²) >= 11 is 1.68. The van der Waals surface area contributed by atoms with Crippen molar-refractivity contribution in [2.45, 2.75) is 30.0 Å². The first-order valence-corrected chi connectivity index (χ1v) is 10.3. The highest BCUT2D eigenvalue weighted by Crippen LogP contribution is 2.22. The predicted octanol–water partition coefficient (Wildman–Crippen LogP) is 5.34. The van der Waals surface area contributed by atoms with Crippen LogP contribution in [0.1, 0.15) is 24.0 Å². The van der Waals surface area contributed by atoms with Crippen LogP contribution < -0.4 is 10.1 Å². The van der Waals surface area contributed by atoms with Crippen molar-refractivity contribution in [1.29, 1.82) is 0 Å². The number of rotatable bonds is 9. The van der Waals surface area contributed by atoms with E-state index >= 15 is 0 Å². The van der Waals surface area contributed by atoms with E-state index in [1.54, 1.807) is 25.1 Å². The second kappa shape index (κ2) is 10.5. The van der Waals surface area contributed by atoms with Crippen molar-refractivity contribution in [2.24, 2.45) is 0 Å². The van der Waals surface area contributed by atoms with Crippen LogP contribution in [0.15, 0.2) is 78.0 Å². The SMILES string of the molecule is COc1ccc(CCCC(=O)Nc2cccc(CSc3ccccn3)c2)cc1. The fourth-order valence-corrected chi connectivity index (χ4v) is 3.60. The number of pyridine rings is 1. The quantitative estimate of drug-likeness (QED) is 0.499. The molecule has 0 aliphatic carbocycles. The van der Waals surface area contributed by atoms with Crippen LogP contribution in [0.4, 0.5) is 5.69 Å². The molecule has 1 N–H and O–H groups in total. The number of thioether (sulfide) groups is 1. The van der Waals surface area contributed by atoms with Crippen LogP contribution >= 0.6 is 11.8 Å². The third-order valence-electron chi connectivity index (χ3n) is 4.26. The van der Waals surface area contributed by atoms with Crippen LogP contribution in [-0.4, -0.2) is 18.0 Å². The molecule has 144 valence electrons. The number of amides is 1. The Morgan fingerprint density at radius 2 is 1.89 bits per heavy atom. The lowest BCUT2D eigenvalue weighted by Gasteiger charge is -2.08. The molecule has 0 saturated carbocycles. The number of carbonyl (C=O) groups excluding carboxylic acids is 1. The van der Waals surface area contributed by atoms with Gasteiger partial charge >= 0.3 is 0 Å². The summed E-state index contributed by atoms with van der Waals surface area (Å²) in [5.41, 5.74) is 3.21. The Morgan fingerprint density at radius 3 is 2.64 bits per heavy atom. The van der Waals surface area contributed by atoms with Gasteiger partial charge in [-0.2, -0.15) is 0 Å². The first-order chi connectivity index (χ1) is 13.7. The summed E-state index contributed by atoms with van der Waals surface area (Å²) in [6.07, 6.45) is 3.98. The number of methoxy groups -OCH3 is 1. The van der Waals surface area contributed by atoms with Crippen molar-refractivity contribution in [2.75, 3.05) is 12.4 Å². The van der Waals surface area contributed by atoms with E-state index in [9.17, 15) is 4.79 Å². The minimum Gasteiger partial charge on any atom is -0.497 e. The monoisotopic (exact) mass is 392 g/mol. The Morgan fingerprint density at radius 1 is 1.04 bits per heavy atom. The van der Waals surface area contributed by atoms with Crippen LogP contribution in [0.25, 0.3) is 0 Å². The van der Waals surface area contributed by atoms with Gasteiger partial charge in [0.2, 0.25) is 5.91 Å². The molecule has 1 amide bonds. The predicted molar refractivity (Wildman–Crippen MR) is 115 cm³/mol. The van der Waals surface area contributed by atoms with Crippen molar-refractivity contribution in [3.05, 3.63) is 84.1 Å². The number of nitrogens with zero attached hydrogens (tertiary/aromatic N) is 1. The average Bonchev–Trinajstić information content (AvgIpc) is 2.74. The second-order valence-corrected chi connectivity index (χ2v) is 7.40. The molecule has 0 spiro atoms. The smallest absolute Gasteiger partial charge is 0.224 e. The van der Waals surface area contributed by atoms with Crippen molar-refractivity contribution in [3.63, 3.8) is 0 Å². The molecule has 0 fully saturated rings. The van der Waals surface area contributed by atoms with E-state index in [2.05, 4.69) is 16.4 Å². The Balaban J connectivity index is 1.44. The summed E-state index contributed by atoms with van der Waals surface area (Å²) < 4.78 is 5.16. The Kier molecular flexibility index (Phi) is 7.50. The summed E-state index contributed by atoms with van der Waals surface area (Å²) in [4.78, 5) is 16.6. The molecule has 28 heavy (non-hydrogen) atoms. The van der Waals surface area contributed by atoms with Crippen molar-refractivity contribution < 1.29 is 9.53 Å². The summed E-state index contributed by atoms with van der Waals surface area (Å²) in [6, 6.07) is 21.9. The van der Waals surface area contributed by atoms with E-state index in [1.165, 1.54) is 5.56 Å². The zero-order valence-corrected chi connectivity index (χ0v) is 16.7. The highest BCUT2D eigenvalue weighted by Gasteiger charge is 2.05. The number of benzene rings is 2. The first-order valence-electron chi connectivity index (χ1n) is 9.28. The van der Waals surface area contributed by atoms with Crippen molar-refractivity contribution in [1.82, 2.24) is 4.98 Å². The van der Waals surface area contributed by atoms with Gasteiger partial charge in [-0.15, -0.1) is 11.8 Å². The third-order valence-corrected chi connectivity index (χ3v) is 5.28. The number of nitrogens with one attached hydrogen (secondary N) is 1. The molecule has 1 aromatic heterocycles. The number of aryl methyl sites for hydroxylation is 1. The average molecular weight is 393 g/mol. The zero-order chi connectivity index (χ0) is 19.6. The van der Waals surface area contributed by atoms with Crippen LogP contribution in [0, 0.1) is 0 Å².